The normalized spacial score (nSPS) is 16.1. The number of urea groups is 1. The standard InChI is InChI=1S/C16H23FN4O2/c1-20(16(18)23)11-15(22)19-10-14(21-8-4-5-9-21)12-6-2-3-7-13(12)17/h2-3,6-7,14H,4-5,8-11H2,1H3,(H2,18,23)(H,19,22)/t14-/m1/s1. The van der Waals surface area contributed by atoms with E-state index in [0.717, 1.165) is 30.8 Å². The number of nitrogens with zero attached hydrogens (tertiary/aromatic N) is 2. The first kappa shape index (κ1) is 17.2. The Kier molecular flexibility index (Phi) is 5.92. The summed E-state index contributed by atoms with van der Waals surface area (Å²) < 4.78 is 14.1. The van der Waals surface area contributed by atoms with Crippen LogP contribution >= 0.6 is 0 Å². The maximum absolute atomic E-state index is 14.1. The van der Waals surface area contributed by atoms with Crippen LogP contribution in [0.5, 0.6) is 0 Å². The van der Waals surface area contributed by atoms with E-state index in [4.69, 9.17) is 5.73 Å². The van der Waals surface area contributed by atoms with Crippen molar-refractivity contribution in [2.45, 2.75) is 18.9 Å². The van der Waals surface area contributed by atoms with E-state index in [0.29, 0.717) is 12.1 Å². The van der Waals surface area contributed by atoms with Crippen LogP contribution in [-0.2, 0) is 4.79 Å². The molecule has 2 rings (SSSR count). The highest BCUT2D eigenvalue weighted by Crippen LogP contribution is 2.26. The van der Waals surface area contributed by atoms with Crippen LogP contribution in [0.25, 0.3) is 0 Å². The Morgan fingerprint density at radius 1 is 1.35 bits per heavy atom. The van der Waals surface area contributed by atoms with E-state index < -0.39 is 6.03 Å². The van der Waals surface area contributed by atoms with Gasteiger partial charge < -0.3 is 16.0 Å². The number of likely N-dealkylation sites (tertiary alicyclic amines) is 1. The third-order valence-corrected chi connectivity index (χ3v) is 4.10. The molecular weight excluding hydrogens is 299 g/mol. The van der Waals surface area contributed by atoms with Crippen molar-refractivity contribution in [3.05, 3.63) is 35.6 Å². The lowest BCUT2D eigenvalue weighted by Crippen LogP contribution is -2.43. The van der Waals surface area contributed by atoms with Gasteiger partial charge in [-0.2, -0.15) is 0 Å². The molecule has 1 atom stereocenters. The number of halogens is 1. The Morgan fingerprint density at radius 2 is 2.00 bits per heavy atom. The highest BCUT2D eigenvalue weighted by molar-refractivity contribution is 5.83. The molecule has 3 N–H and O–H groups in total. The third-order valence-electron chi connectivity index (χ3n) is 4.10. The van der Waals surface area contributed by atoms with Crippen molar-refractivity contribution in [3.63, 3.8) is 0 Å². The summed E-state index contributed by atoms with van der Waals surface area (Å²) >= 11 is 0. The Bertz CT molecular complexity index is 561. The number of hydrogen-bond acceptors (Lipinski definition) is 3. The van der Waals surface area contributed by atoms with Gasteiger partial charge in [0.15, 0.2) is 0 Å². The minimum absolute atomic E-state index is 0.112. The molecule has 0 saturated carbocycles. The van der Waals surface area contributed by atoms with Crippen LogP contribution in [0.1, 0.15) is 24.4 Å². The minimum atomic E-state index is -0.662. The van der Waals surface area contributed by atoms with Gasteiger partial charge in [0, 0.05) is 19.2 Å². The molecule has 0 radical (unpaired) electrons. The molecule has 0 aromatic heterocycles. The largest absolute Gasteiger partial charge is 0.353 e. The molecule has 1 aromatic rings. The van der Waals surface area contributed by atoms with Crippen molar-refractivity contribution in [1.82, 2.24) is 15.1 Å². The molecule has 0 unspecified atom stereocenters. The number of hydrogen-bond donors (Lipinski definition) is 2. The topological polar surface area (TPSA) is 78.7 Å². The van der Waals surface area contributed by atoms with Gasteiger partial charge >= 0.3 is 6.03 Å². The maximum atomic E-state index is 14.1. The van der Waals surface area contributed by atoms with Gasteiger partial charge in [0.2, 0.25) is 5.91 Å². The number of carbonyl (C=O) groups excluding carboxylic acids is 2. The number of benzene rings is 1. The van der Waals surface area contributed by atoms with E-state index in [1.54, 1.807) is 18.2 Å². The second-order valence-corrected chi connectivity index (χ2v) is 5.78. The Labute approximate surface area is 135 Å². The van der Waals surface area contributed by atoms with Gasteiger partial charge in [0.1, 0.15) is 12.4 Å². The van der Waals surface area contributed by atoms with Crippen molar-refractivity contribution in [1.29, 1.82) is 0 Å². The van der Waals surface area contributed by atoms with Crippen molar-refractivity contribution in [2.75, 3.05) is 33.2 Å². The van der Waals surface area contributed by atoms with E-state index in [1.165, 1.54) is 13.1 Å². The number of primary amides is 1. The predicted molar refractivity (Wildman–Crippen MR) is 85.2 cm³/mol. The van der Waals surface area contributed by atoms with Crippen molar-refractivity contribution >= 4 is 11.9 Å². The number of amides is 3. The number of nitrogens with two attached hydrogens (primary N) is 1. The van der Waals surface area contributed by atoms with Crippen LogP contribution in [0.15, 0.2) is 24.3 Å². The minimum Gasteiger partial charge on any atom is -0.353 e. The fourth-order valence-corrected chi connectivity index (χ4v) is 2.79. The van der Waals surface area contributed by atoms with Crippen molar-refractivity contribution < 1.29 is 14.0 Å². The summed E-state index contributed by atoms with van der Waals surface area (Å²) in [5.74, 6) is -0.584. The zero-order chi connectivity index (χ0) is 16.8. The fourth-order valence-electron chi connectivity index (χ4n) is 2.79. The molecule has 1 fully saturated rings. The Balaban J connectivity index is 2.02. The van der Waals surface area contributed by atoms with Crippen LogP contribution < -0.4 is 11.1 Å². The predicted octanol–water partition coefficient (Wildman–Crippen LogP) is 1.09. The van der Waals surface area contributed by atoms with E-state index >= 15 is 0 Å². The van der Waals surface area contributed by atoms with Gasteiger partial charge in [-0.05, 0) is 32.0 Å². The number of carbonyl (C=O) groups is 2. The van der Waals surface area contributed by atoms with Gasteiger partial charge in [-0.1, -0.05) is 18.2 Å². The van der Waals surface area contributed by atoms with E-state index in [2.05, 4.69) is 10.2 Å². The summed E-state index contributed by atoms with van der Waals surface area (Å²) in [7, 11) is 1.46. The molecule has 0 spiro atoms. The van der Waals surface area contributed by atoms with E-state index in [-0.39, 0.29) is 24.3 Å². The Hall–Kier alpha value is -2.15. The summed E-state index contributed by atoms with van der Waals surface area (Å²) in [5.41, 5.74) is 5.68. The van der Waals surface area contributed by atoms with Gasteiger partial charge in [-0.3, -0.25) is 9.69 Å². The fraction of sp³-hybridized carbons (Fsp3) is 0.500. The van der Waals surface area contributed by atoms with Gasteiger partial charge in [-0.25, -0.2) is 9.18 Å². The van der Waals surface area contributed by atoms with Gasteiger partial charge in [0.25, 0.3) is 0 Å². The molecule has 126 valence electrons. The molecule has 7 heteroatoms. The summed E-state index contributed by atoms with van der Waals surface area (Å²) in [4.78, 5) is 26.2. The number of nitrogens with one attached hydrogen (secondary N) is 1. The van der Waals surface area contributed by atoms with E-state index in [1.807, 2.05) is 0 Å². The highest BCUT2D eigenvalue weighted by atomic mass is 19.1. The second kappa shape index (κ2) is 7.92. The first-order valence-corrected chi connectivity index (χ1v) is 7.74. The summed E-state index contributed by atoms with van der Waals surface area (Å²) in [6, 6.07) is 5.76. The molecule has 1 aromatic carbocycles. The van der Waals surface area contributed by atoms with Crippen LogP contribution in [-0.4, -0.2) is 55.0 Å². The average Bonchev–Trinajstić information content (AvgIpc) is 3.03. The quantitative estimate of drug-likeness (QED) is 0.823. The molecule has 0 aliphatic carbocycles. The lowest BCUT2D eigenvalue weighted by molar-refractivity contribution is -0.121. The average molecular weight is 322 g/mol. The lowest BCUT2D eigenvalue weighted by Gasteiger charge is -2.28. The van der Waals surface area contributed by atoms with Crippen LogP contribution in [0.2, 0.25) is 0 Å². The molecule has 3 amide bonds. The molecular formula is C16H23FN4O2. The lowest BCUT2D eigenvalue weighted by atomic mass is 10.0. The molecule has 23 heavy (non-hydrogen) atoms. The number of likely N-dealkylation sites (N-methyl/N-ethyl adjacent to an activating group) is 1. The van der Waals surface area contributed by atoms with Crippen LogP contribution in [0.4, 0.5) is 9.18 Å². The maximum Gasteiger partial charge on any atom is 0.314 e. The molecule has 1 aliphatic heterocycles. The van der Waals surface area contributed by atoms with Gasteiger partial charge in [0.05, 0.1) is 6.04 Å². The Morgan fingerprint density at radius 3 is 2.61 bits per heavy atom. The molecule has 6 nitrogen and oxygen atoms in total. The number of rotatable bonds is 6. The molecule has 1 saturated heterocycles. The summed E-state index contributed by atoms with van der Waals surface area (Å²) in [6.07, 6.45) is 2.15. The first-order valence-electron chi connectivity index (χ1n) is 7.74. The smallest absolute Gasteiger partial charge is 0.314 e. The first-order chi connectivity index (χ1) is 11.0. The molecule has 1 aliphatic rings. The highest BCUT2D eigenvalue weighted by Gasteiger charge is 2.26. The second-order valence-electron chi connectivity index (χ2n) is 5.78. The SMILES string of the molecule is CN(CC(=O)NC[C@H](c1ccccc1F)N1CCCC1)C(N)=O. The van der Waals surface area contributed by atoms with Crippen molar-refractivity contribution in [2.24, 2.45) is 5.73 Å². The van der Waals surface area contributed by atoms with Crippen LogP contribution in [0, 0.1) is 5.82 Å². The summed E-state index contributed by atoms with van der Waals surface area (Å²) in [5, 5.41) is 2.77. The third kappa shape index (κ3) is 4.66. The van der Waals surface area contributed by atoms with E-state index in [9.17, 15) is 14.0 Å². The monoisotopic (exact) mass is 322 g/mol. The summed E-state index contributed by atoms with van der Waals surface area (Å²) in [6.45, 7) is 1.96. The molecule has 0 bridgehead atoms. The van der Waals surface area contributed by atoms with Gasteiger partial charge in [-0.15, -0.1) is 0 Å². The van der Waals surface area contributed by atoms with Crippen molar-refractivity contribution in [3.8, 4) is 0 Å². The zero-order valence-corrected chi connectivity index (χ0v) is 13.3. The molecule has 1 heterocycles. The zero-order valence-electron chi connectivity index (χ0n) is 13.3. The van der Waals surface area contributed by atoms with Crippen LogP contribution in [0.3, 0.4) is 0 Å².